The largest absolute Gasteiger partial charge is 0.381 e. The van der Waals surface area contributed by atoms with Crippen LogP contribution < -0.4 is 5.32 Å². The Balaban J connectivity index is 1.96. The van der Waals surface area contributed by atoms with E-state index in [1.807, 2.05) is 0 Å². The zero-order valence-electron chi connectivity index (χ0n) is 13.0. The number of hydrogen-bond donors (Lipinski definition) is 1. The molecule has 2 aromatic rings. The van der Waals surface area contributed by atoms with Gasteiger partial charge < -0.3 is 5.32 Å². The molecule has 0 aliphatic heterocycles. The molecule has 0 saturated heterocycles. The normalized spacial score (nSPS) is 10.8. The third kappa shape index (κ3) is 4.41. The van der Waals surface area contributed by atoms with Crippen LogP contribution in [0.1, 0.15) is 36.1 Å². The van der Waals surface area contributed by atoms with E-state index in [0.29, 0.717) is 5.92 Å². The third-order valence-electron chi connectivity index (χ3n) is 3.39. The maximum absolute atomic E-state index is 3.50. The monoisotopic (exact) mass is 267 g/mol. The topological polar surface area (TPSA) is 12.0 Å². The molecule has 0 saturated carbocycles. The summed E-state index contributed by atoms with van der Waals surface area (Å²) in [4.78, 5) is 0. The molecule has 0 aliphatic rings. The molecule has 0 aliphatic carbocycles. The van der Waals surface area contributed by atoms with Gasteiger partial charge in [-0.2, -0.15) is 0 Å². The van der Waals surface area contributed by atoms with Gasteiger partial charge in [0, 0.05) is 12.2 Å². The second-order valence-electron chi connectivity index (χ2n) is 6.14. The van der Waals surface area contributed by atoms with Gasteiger partial charge >= 0.3 is 0 Å². The predicted octanol–water partition coefficient (Wildman–Crippen LogP) is 5.11. The molecule has 0 heterocycles. The van der Waals surface area contributed by atoms with E-state index in [9.17, 15) is 0 Å². The lowest BCUT2D eigenvalue weighted by Crippen LogP contribution is -2.01. The van der Waals surface area contributed by atoms with E-state index in [1.165, 1.54) is 27.9 Å². The zero-order valence-corrected chi connectivity index (χ0v) is 13.0. The second-order valence-corrected chi connectivity index (χ2v) is 6.14. The molecule has 0 amide bonds. The van der Waals surface area contributed by atoms with Gasteiger partial charge in [0.05, 0.1) is 0 Å². The van der Waals surface area contributed by atoms with E-state index in [0.717, 1.165) is 13.0 Å². The maximum atomic E-state index is 3.50. The van der Waals surface area contributed by atoms with Crippen LogP contribution in [-0.2, 0) is 13.0 Å². The van der Waals surface area contributed by atoms with Crippen LogP contribution in [0, 0.1) is 19.8 Å². The van der Waals surface area contributed by atoms with Crippen molar-refractivity contribution in [2.75, 3.05) is 5.32 Å². The number of rotatable bonds is 5. The molecule has 1 nitrogen and oxygen atoms in total. The maximum Gasteiger partial charge on any atom is 0.0400 e. The summed E-state index contributed by atoms with van der Waals surface area (Å²) in [6, 6.07) is 15.5. The van der Waals surface area contributed by atoms with Crippen molar-refractivity contribution < 1.29 is 0 Å². The fourth-order valence-electron chi connectivity index (χ4n) is 2.55. The lowest BCUT2D eigenvalue weighted by Gasteiger charge is -2.10. The van der Waals surface area contributed by atoms with Gasteiger partial charge in [-0.3, -0.25) is 0 Å². The smallest absolute Gasteiger partial charge is 0.0400 e. The Kier molecular flexibility index (Phi) is 4.84. The molecule has 1 N–H and O–H groups in total. The van der Waals surface area contributed by atoms with Gasteiger partial charge in [0.15, 0.2) is 0 Å². The first-order valence-corrected chi connectivity index (χ1v) is 7.43. The predicted molar refractivity (Wildman–Crippen MR) is 88.2 cm³/mol. The highest BCUT2D eigenvalue weighted by atomic mass is 14.9. The highest BCUT2D eigenvalue weighted by molar-refractivity contribution is 5.48. The Morgan fingerprint density at radius 3 is 1.95 bits per heavy atom. The Bertz CT molecular complexity index is 532. The lowest BCUT2D eigenvalue weighted by atomic mass is 10.0. The summed E-state index contributed by atoms with van der Waals surface area (Å²) in [6.07, 6.45) is 1.16. The average Bonchev–Trinajstić information content (AvgIpc) is 2.36. The number of hydrogen-bond acceptors (Lipinski definition) is 1. The minimum atomic E-state index is 0.717. The van der Waals surface area contributed by atoms with Gasteiger partial charge in [0.2, 0.25) is 0 Å². The van der Waals surface area contributed by atoms with E-state index < -0.39 is 0 Å². The van der Waals surface area contributed by atoms with Crippen LogP contribution >= 0.6 is 0 Å². The third-order valence-corrected chi connectivity index (χ3v) is 3.39. The minimum Gasteiger partial charge on any atom is -0.381 e. The van der Waals surface area contributed by atoms with Crippen LogP contribution in [0.5, 0.6) is 0 Å². The molecule has 0 radical (unpaired) electrons. The van der Waals surface area contributed by atoms with Crippen LogP contribution in [-0.4, -0.2) is 0 Å². The molecule has 0 unspecified atom stereocenters. The van der Waals surface area contributed by atoms with Crippen LogP contribution in [0.15, 0.2) is 42.5 Å². The van der Waals surface area contributed by atoms with Crippen molar-refractivity contribution in [3.63, 3.8) is 0 Å². The molecule has 106 valence electrons. The van der Waals surface area contributed by atoms with E-state index in [4.69, 9.17) is 0 Å². The van der Waals surface area contributed by atoms with Crippen LogP contribution in [0.25, 0.3) is 0 Å². The highest BCUT2D eigenvalue weighted by Gasteiger charge is 1.99. The van der Waals surface area contributed by atoms with Crippen molar-refractivity contribution in [3.05, 3.63) is 64.7 Å². The number of benzene rings is 2. The molecule has 1 heteroatoms. The highest BCUT2D eigenvalue weighted by Crippen LogP contribution is 2.15. The Labute approximate surface area is 123 Å². The van der Waals surface area contributed by atoms with Crippen LogP contribution in [0.3, 0.4) is 0 Å². The molecule has 0 atom stereocenters. The summed E-state index contributed by atoms with van der Waals surface area (Å²) in [5.74, 6) is 0.717. The summed E-state index contributed by atoms with van der Waals surface area (Å²) in [5, 5.41) is 3.50. The SMILES string of the molecule is Cc1cc(C)cc(NCc2ccc(CC(C)C)cc2)c1. The van der Waals surface area contributed by atoms with Gasteiger partial charge in [0.1, 0.15) is 0 Å². The zero-order chi connectivity index (χ0) is 14.5. The van der Waals surface area contributed by atoms with Gasteiger partial charge in [0.25, 0.3) is 0 Å². The van der Waals surface area contributed by atoms with Crippen molar-refractivity contribution in [2.45, 2.75) is 40.7 Å². The van der Waals surface area contributed by atoms with Gasteiger partial charge in [-0.1, -0.05) is 44.2 Å². The van der Waals surface area contributed by atoms with Crippen molar-refractivity contribution in [1.82, 2.24) is 0 Å². The molecule has 0 spiro atoms. The molecule has 0 aromatic heterocycles. The summed E-state index contributed by atoms with van der Waals surface area (Å²) in [5.41, 5.74) is 6.57. The molecular weight excluding hydrogens is 242 g/mol. The molecule has 2 rings (SSSR count). The fraction of sp³-hybridized carbons (Fsp3) is 0.368. The van der Waals surface area contributed by atoms with Crippen LogP contribution in [0.2, 0.25) is 0 Å². The second kappa shape index (κ2) is 6.60. The van der Waals surface area contributed by atoms with Crippen molar-refractivity contribution in [3.8, 4) is 0 Å². The minimum absolute atomic E-state index is 0.717. The molecule has 20 heavy (non-hydrogen) atoms. The number of anilines is 1. The fourth-order valence-corrected chi connectivity index (χ4v) is 2.55. The summed E-state index contributed by atoms with van der Waals surface area (Å²) >= 11 is 0. The molecule has 0 bridgehead atoms. The molecule has 0 fully saturated rings. The van der Waals surface area contributed by atoms with Crippen molar-refractivity contribution in [2.24, 2.45) is 5.92 Å². The van der Waals surface area contributed by atoms with Gasteiger partial charge in [-0.25, -0.2) is 0 Å². The van der Waals surface area contributed by atoms with Crippen LogP contribution in [0.4, 0.5) is 5.69 Å². The first-order valence-electron chi connectivity index (χ1n) is 7.43. The van der Waals surface area contributed by atoms with Gasteiger partial charge in [-0.15, -0.1) is 0 Å². The molecule has 2 aromatic carbocycles. The summed E-state index contributed by atoms with van der Waals surface area (Å²) in [6.45, 7) is 9.67. The Morgan fingerprint density at radius 1 is 0.850 bits per heavy atom. The van der Waals surface area contributed by atoms with Crippen molar-refractivity contribution >= 4 is 5.69 Å². The number of aryl methyl sites for hydroxylation is 2. The van der Waals surface area contributed by atoms with Gasteiger partial charge in [-0.05, 0) is 60.6 Å². The lowest BCUT2D eigenvalue weighted by molar-refractivity contribution is 0.647. The van der Waals surface area contributed by atoms with E-state index in [2.05, 4.69) is 75.5 Å². The van der Waals surface area contributed by atoms with E-state index >= 15 is 0 Å². The number of nitrogens with one attached hydrogen (secondary N) is 1. The standard InChI is InChI=1S/C19H25N/c1-14(2)9-17-5-7-18(8-6-17)13-20-19-11-15(3)10-16(4)12-19/h5-8,10-12,14,20H,9,13H2,1-4H3. The Hall–Kier alpha value is -1.76. The molecular formula is C19H25N. The quantitative estimate of drug-likeness (QED) is 0.793. The summed E-state index contributed by atoms with van der Waals surface area (Å²) < 4.78 is 0. The van der Waals surface area contributed by atoms with E-state index in [-0.39, 0.29) is 0 Å². The Morgan fingerprint density at radius 2 is 1.40 bits per heavy atom. The first-order chi connectivity index (χ1) is 9.52. The van der Waals surface area contributed by atoms with E-state index in [1.54, 1.807) is 0 Å². The van der Waals surface area contributed by atoms with Crippen molar-refractivity contribution in [1.29, 1.82) is 0 Å². The summed E-state index contributed by atoms with van der Waals surface area (Å²) in [7, 11) is 0. The average molecular weight is 267 g/mol. The first kappa shape index (κ1) is 14.6.